The van der Waals surface area contributed by atoms with E-state index in [0.29, 0.717) is 6.61 Å². The fraction of sp³-hybridized carbons (Fsp3) is 0.312. The minimum absolute atomic E-state index is 0.0206. The van der Waals surface area contributed by atoms with Crippen LogP contribution in [0.1, 0.15) is 24.1 Å². The van der Waals surface area contributed by atoms with Gasteiger partial charge in [-0.05, 0) is 30.7 Å². The molecule has 4 nitrogen and oxygen atoms in total. The number of ether oxygens (including phenoxy) is 1. The number of rotatable bonds is 2. The molecule has 0 spiro atoms. The summed E-state index contributed by atoms with van der Waals surface area (Å²) in [4.78, 5) is 6.71. The van der Waals surface area contributed by atoms with Crippen LogP contribution in [0.15, 0.2) is 42.6 Å². The van der Waals surface area contributed by atoms with Gasteiger partial charge in [-0.25, -0.2) is 4.98 Å². The van der Waals surface area contributed by atoms with E-state index >= 15 is 0 Å². The van der Waals surface area contributed by atoms with E-state index in [0.717, 1.165) is 30.2 Å². The van der Waals surface area contributed by atoms with Crippen LogP contribution in [0.4, 0.5) is 5.82 Å². The molecule has 1 unspecified atom stereocenters. The molecular weight excluding hydrogens is 250 g/mol. The Morgan fingerprint density at radius 2 is 2.15 bits per heavy atom. The summed E-state index contributed by atoms with van der Waals surface area (Å²) in [6, 6.07) is 12.2. The molecule has 1 aliphatic heterocycles. The zero-order valence-electron chi connectivity index (χ0n) is 11.6. The van der Waals surface area contributed by atoms with Gasteiger partial charge in [0.2, 0.25) is 0 Å². The van der Waals surface area contributed by atoms with Crippen molar-refractivity contribution in [2.75, 3.05) is 18.1 Å². The van der Waals surface area contributed by atoms with E-state index in [9.17, 15) is 0 Å². The van der Waals surface area contributed by atoms with Gasteiger partial charge in [0, 0.05) is 24.3 Å². The molecule has 1 aliphatic rings. The van der Waals surface area contributed by atoms with Crippen LogP contribution in [0.3, 0.4) is 0 Å². The number of nitrogens with two attached hydrogens (primary N) is 1. The molecule has 0 amide bonds. The molecule has 1 atom stereocenters. The molecule has 20 heavy (non-hydrogen) atoms. The van der Waals surface area contributed by atoms with Crippen molar-refractivity contribution < 1.29 is 4.74 Å². The van der Waals surface area contributed by atoms with Gasteiger partial charge in [-0.15, -0.1) is 0 Å². The van der Waals surface area contributed by atoms with Gasteiger partial charge in [-0.1, -0.05) is 18.2 Å². The highest BCUT2D eigenvalue weighted by Crippen LogP contribution is 2.25. The number of hydrogen-bond donors (Lipinski definition) is 1. The average Bonchev–Trinajstić information content (AvgIpc) is 2.69. The van der Waals surface area contributed by atoms with Crippen LogP contribution in [0.25, 0.3) is 0 Å². The molecule has 0 bridgehead atoms. The van der Waals surface area contributed by atoms with Crippen LogP contribution in [-0.2, 0) is 6.54 Å². The fourth-order valence-corrected chi connectivity index (χ4v) is 2.41. The minimum Gasteiger partial charge on any atom is -0.491 e. The van der Waals surface area contributed by atoms with Crippen molar-refractivity contribution in [1.29, 1.82) is 0 Å². The first-order valence-corrected chi connectivity index (χ1v) is 6.91. The topological polar surface area (TPSA) is 51.4 Å². The number of para-hydroxylation sites is 1. The summed E-state index contributed by atoms with van der Waals surface area (Å²) in [5.41, 5.74) is 8.25. The van der Waals surface area contributed by atoms with E-state index in [1.165, 1.54) is 5.56 Å². The molecule has 0 saturated heterocycles. The van der Waals surface area contributed by atoms with Crippen LogP contribution >= 0.6 is 0 Å². The van der Waals surface area contributed by atoms with Gasteiger partial charge in [0.1, 0.15) is 18.2 Å². The predicted octanol–water partition coefficient (Wildman–Crippen LogP) is 2.50. The zero-order valence-corrected chi connectivity index (χ0v) is 11.6. The monoisotopic (exact) mass is 269 g/mol. The molecule has 0 saturated carbocycles. The lowest BCUT2D eigenvalue weighted by Crippen LogP contribution is -2.26. The van der Waals surface area contributed by atoms with Crippen molar-refractivity contribution >= 4 is 5.82 Å². The Hall–Kier alpha value is -2.07. The number of hydrogen-bond acceptors (Lipinski definition) is 4. The lowest BCUT2D eigenvalue weighted by Gasteiger charge is -2.21. The number of anilines is 1. The first-order chi connectivity index (χ1) is 9.74. The highest BCUT2D eigenvalue weighted by atomic mass is 16.5. The third-order valence-corrected chi connectivity index (χ3v) is 3.57. The molecule has 3 rings (SSSR count). The molecule has 1 aromatic heterocycles. The number of benzene rings is 1. The van der Waals surface area contributed by atoms with Crippen molar-refractivity contribution in [2.24, 2.45) is 5.73 Å². The number of fused-ring (bicyclic) bond motifs is 1. The smallest absolute Gasteiger partial charge is 0.129 e. The summed E-state index contributed by atoms with van der Waals surface area (Å²) in [6.07, 6.45) is 1.83. The fourth-order valence-electron chi connectivity index (χ4n) is 2.41. The van der Waals surface area contributed by atoms with Gasteiger partial charge in [0.05, 0.1) is 6.54 Å². The van der Waals surface area contributed by atoms with E-state index in [4.69, 9.17) is 10.5 Å². The normalized spacial score (nSPS) is 16.0. The third kappa shape index (κ3) is 2.60. The summed E-state index contributed by atoms with van der Waals surface area (Å²) in [7, 11) is 0. The van der Waals surface area contributed by atoms with Crippen LogP contribution in [0.2, 0.25) is 0 Å². The van der Waals surface area contributed by atoms with Gasteiger partial charge in [-0.3, -0.25) is 0 Å². The number of pyridine rings is 1. The predicted molar refractivity (Wildman–Crippen MR) is 79.8 cm³/mol. The Morgan fingerprint density at radius 3 is 3.00 bits per heavy atom. The highest BCUT2D eigenvalue weighted by molar-refractivity contribution is 5.45. The molecule has 0 fully saturated rings. The first kappa shape index (κ1) is 12.9. The Kier molecular flexibility index (Phi) is 3.56. The summed E-state index contributed by atoms with van der Waals surface area (Å²) in [6.45, 7) is 4.29. The van der Waals surface area contributed by atoms with Crippen molar-refractivity contribution in [3.05, 3.63) is 53.7 Å². The van der Waals surface area contributed by atoms with Crippen LogP contribution in [0.5, 0.6) is 5.75 Å². The van der Waals surface area contributed by atoms with E-state index in [1.54, 1.807) is 0 Å². The Bertz CT molecular complexity index is 598. The zero-order chi connectivity index (χ0) is 13.9. The van der Waals surface area contributed by atoms with Crippen LogP contribution in [0, 0.1) is 0 Å². The van der Waals surface area contributed by atoms with Gasteiger partial charge in [0.25, 0.3) is 0 Å². The van der Waals surface area contributed by atoms with E-state index in [1.807, 2.05) is 37.4 Å². The number of nitrogens with zero attached hydrogens (tertiary/aromatic N) is 2. The highest BCUT2D eigenvalue weighted by Gasteiger charge is 2.16. The molecule has 104 valence electrons. The lowest BCUT2D eigenvalue weighted by atomic mass is 10.1. The third-order valence-electron chi connectivity index (χ3n) is 3.57. The van der Waals surface area contributed by atoms with E-state index in [-0.39, 0.29) is 6.04 Å². The molecule has 1 aromatic carbocycles. The van der Waals surface area contributed by atoms with Gasteiger partial charge < -0.3 is 15.4 Å². The summed E-state index contributed by atoms with van der Waals surface area (Å²) >= 11 is 0. The maximum absolute atomic E-state index is 5.95. The molecule has 0 aliphatic carbocycles. The van der Waals surface area contributed by atoms with E-state index < -0.39 is 0 Å². The van der Waals surface area contributed by atoms with Crippen molar-refractivity contribution in [1.82, 2.24) is 4.98 Å². The van der Waals surface area contributed by atoms with Gasteiger partial charge in [-0.2, -0.15) is 0 Å². The first-order valence-electron chi connectivity index (χ1n) is 6.91. The summed E-state index contributed by atoms with van der Waals surface area (Å²) in [5, 5.41) is 0. The average molecular weight is 269 g/mol. The molecule has 2 aromatic rings. The maximum Gasteiger partial charge on any atom is 0.129 e. The second-order valence-electron chi connectivity index (χ2n) is 5.11. The minimum atomic E-state index is 0.0206. The van der Waals surface area contributed by atoms with Gasteiger partial charge >= 0.3 is 0 Å². The van der Waals surface area contributed by atoms with Crippen molar-refractivity contribution in [2.45, 2.75) is 19.5 Å². The van der Waals surface area contributed by atoms with E-state index in [2.05, 4.69) is 22.0 Å². The number of aromatic nitrogens is 1. The SMILES string of the molecule is CC(N)c1ccnc(N2CCOc3ccccc3C2)c1. The maximum atomic E-state index is 5.95. The summed E-state index contributed by atoms with van der Waals surface area (Å²) in [5.74, 6) is 1.93. The lowest BCUT2D eigenvalue weighted by molar-refractivity contribution is 0.331. The summed E-state index contributed by atoms with van der Waals surface area (Å²) < 4.78 is 5.78. The molecule has 0 radical (unpaired) electrons. The molecule has 2 heterocycles. The Labute approximate surface area is 119 Å². The van der Waals surface area contributed by atoms with Crippen LogP contribution in [-0.4, -0.2) is 18.1 Å². The quantitative estimate of drug-likeness (QED) is 0.910. The van der Waals surface area contributed by atoms with Gasteiger partial charge in [0.15, 0.2) is 0 Å². The molecule has 4 heteroatoms. The Balaban J connectivity index is 1.89. The standard InChI is InChI=1S/C16H19N3O/c1-12(17)13-6-7-18-16(10-13)19-8-9-20-15-5-3-2-4-14(15)11-19/h2-7,10,12H,8-9,11,17H2,1H3. The second kappa shape index (κ2) is 5.51. The molecular formula is C16H19N3O. The van der Waals surface area contributed by atoms with Crippen molar-refractivity contribution in [3.8, 4) is 5.75 Å². The van der Waals surface area contributed by atoms with Crippen molar-refractivity contribution in [3.63, 3.8) is 0 Å². The largest absolute Gasteiger partial charge is 0.491 e. The molecule has 2 N–H and O–H groups in total. The Morgan fingerprint density at radius 1 is 1.30 bits per heavy atom. The van der Waals surface area contributed by atoms with Crippen LogP contribution < -0.4 is 15.4 Å². The second-order valence-corrected chi connectivity index (χ2v) is 5.11.